The lowest BCUT2D eigenvalue weighted by molar-refractivity contribution is 0.509. The fraction of sp³-hybridized carbons (Fsp3) is 0.417. The second kappa shape index (κ2) is 4.88. The first-order valence-corrected chi connectivity index (χ1v) is 5.65. The van der Waals surface area contributed by atoms with Crippen LogP contribution in [0.15, 0.2) is 29.1 Å². The molecule has 4 nitrogen and oxygen atoms in total. The molecule has 0 spiro atoms. The number of unbranched alkanes of at least 4 members (excludes halogenated alkanes) is 2. The second-order valence-electron chi connectivity index (χ2n) is 3.84. The molecule has 0 saturated heterocycles. The smallest absolute Gasteiger partial charge is 0.267 e. The van der Waals surface area contributed by atoms with E-state index in [2.05, 4.69) is 17.2 Å². The molecule has 0 aliphatic heterocycles. The molecule has 0 fully saturated rings. The molecular formula is C12H15N3O. The Hall–Kier alpha value is -1.71. The van der Waals surface area contributed by atoms with Crippen LogP contribution in [0, 0.1) is 0 Å². The zero-order valence-corrected chi connectivity index (χ0v) is 9.39. The van der Waals surface area contributed by atoms with Gasteiger partial charge in [-0.2, -0.15) is 0 Å². The fourth-order valence-electron chi connectivity index (χ4n) is 1.68. The van der Waals surface area contributed by atoms with Crippen LogP contribution in [0.2, 0.25) is 0 Å². The average molecular weight is 217 g/mol. The maximum atomic E-state index is 12.0. The van der Waals surface area contributed by atoms with Crippen molar-refractivity contribution in [1.82, 2.24) is 15.0 Å². The van der Waals surface area contributed by atoms with Crippen LogP contribution >= 0.6 is 0 Å². The van der Waals surface area contributed by atoms with E-state index in [1.807, 2.05) is 12.1 Å². The van der Waals surface area contributed by atoms with Crippen molar-refractivity contribution in [2.24, 2.45) is 0 Å². The summed E-state index contributed by atoms with van der Waals surface area (Å²) in [5.41, 5.74) is 0.626. The molecule has 0 bridgehead atoms. The van der Waals surface area contributed by atoms with Crippen molar-refractivity contribution < 1.29 is 0 Å². The summed E-state index contributed by atoms with van der Waals surface area (Å²) in [6, 6.07) is 7.31. The first-order valence-electron chi connectivity index (χ1n) is 5.65. The van der Waals surface area contributed by atoms with Gasteiger partial charge in [0.15, 0.2) is 0 Å². The van der Waals surface area contributed by atoms with Crippen LogP contribution in [0.3, 0.4) is 0 Å². The molecule has 0 saturated carbocycles. The van der Waals surface area contributed by atoms with Crippen molar-refractivity contribution in [2.45, 2.75) is 32.7 Å². The van der Waals surface area contributed by atoms with Gasteiger partial charge in [-0.15, -0.1) is 5.10 Å². The van der Waals surface area contributed by atoms with Gasteiger partial charge in [0, 0.05) is 6.54 Å². The van der Waals surface area contributed by atoms with Gasteiger partial charge in [0.05, 0.1) is 5.39 Å². The molecule has 0 unspecified atom stereocenters. The summed E-state index contributed by atoms with van der Waals surface area (Å²) < 4.78 is 1.46. The minimum atomic E-state index is -0.0401. The van der Waals surface area contributed by atoms with Gasteiger partial charge in [0.25, 0.3) is 5.56 Å². The summed E-state index contributed by atoms with van der Waals surface area (Å²) in [5.74, 6) is 0. The van der Waals surface area contributed by atoms with E-state index in [-0.39, 0.29) is 5.56 Å². The molecule has 16 heavy (non-hydrogen) atoms. The zero-order valence-electron chi connectivity index (χ0n) is 9.39. The summed E-state index contributed by atoms with van der Waals surface area (Å²) in [4.78, 5) is 12.0. The van der Waals surface area contributed by atoms with E-state index < -0.39 is 0 Å². The highest BCUT2D eigenvalue weighted by Gasteiger charge is 2.03. The number of rotatable bonds is 4. The highest BCUT2D eigenvalue weighted by Crippen LogP contribution is 2.04. The molecule has 0 aliphatic carbocycles. The minimum Gasteiger partial charge on any atom is -0.267 e. The lowest BCUT2D eigenvalue weighted by Crippen LogP contribution is -2.24. The molecule has 0 atom stereocenters. The van der Waals surface area contributed by atoms with E-state index in [0.29, 0.717) is 17.4 Å². The van der Waals surface area contributed by atoms with E-state index in [4.69, 9.17) is 0 Å². The molecule has 1 heterocycles. The van der Waals surface area contributed by atoms with Crippen molar-refractivity contribution in [1.29, 1.82) is 0 Å². The van der Waals surface area contributed by atoms with Crippen LogP contribution in [-0.2, 0) is 6.54 Å². The standard InChI is InChI=1S/C12H15N3O/c1-2-3-6-9-15-12(16)10-7-4-5-8-11(10)13-14-15/h4-5,7-8H,2-3,6,9H2,1H3. The van der Waals surface area contributed by atoms with Gasteiger partial charge in [0.1, 0.15) is 5.52 Å². The van der Waals surface area contributed by atoms with Gasteiger partial charge in [-0.1, -0.05) is 37.1 Å². The molecule has 2 aromatic rings. The monoisotopic (exact) mass is 217 g/mol. The number of fused-ring (bicyclic) bond motifs is 1. The van der Waals surface area contributed by atoms with Gasteiger partial charge in [-0.3, -0.25) is 4.79 Å². The second-order valence-corrected chi connectivity index (χ2v) is 3.84. The number of benzene rings is 1. The number of aromatic nitrogens is 3. The molecule has 0 amide bonds. The Morgan fingerprint density at radius 2 is 2.06 bits per heavy atom. The number of hydrogen-bond acceptors (Lipinski definition) is 3. The van der Waals surface area contributed by atoms with Crippen LogP contribution in [0.4, 0.5) is 0 Å². The van der Waals surface area contributed by atoms with E-state index in [1.165, 1.54) is 4.68 Å². The summed E-state index contributed by atoms with van der Waals surface area (Å²) in [7, 11) is 0. The highest BCUT2D eigenvalue weighted by atomic mass is 16.1. The van der Waals surface area contributed by atoms with Gasteiger partial charge < -0.3 is 0 Å². The molecule has 0 aliphatic rings. The third-order valence-electron chi connectivity index (χ3n) is 2.60. The largest absolute Gasteiger partial charge is 0.277 e. The minimum absolute atomic E-state index is 0.0401. The summed E-state index contributed by atoms with van der Waals surface area (Å²) in [6.45, 7) is 2.79. The summed E-state index contributed by atoms with van der Waals surface area (Å²) in [6.07, 6.45) is 3.22. The third kappa shape index (κ3) is 2.10. The first-order chi connectivity index (χ1) is 7.83. The van der Waals surface area contributed by atoms with Gasteiger partial charge in [-0.05, 0) is 18.6 Å². The Morgan fingerprint density at radius 1 is 1.25 bits per heavy atom. The third-order valence-corrected chi connectivity index (χ3v) is 2.60. The van der Waals surface area contributed by atoms with Crippen LogP contribution < -0.4 is 5.56 Å². The van der Waals surface area contributed by atoms with E-state index in [0.717, 1.165) is 19.3 Å². The Labute approximate surface area is 93.9 Å². The van der Waals surface area contributed by atoms with Gasteiger partial charge in [0.2, 0.25) is 0 Å². The molecule has 2 rings (SSSR count). The molecule has 1 aromatic carbocycles. The number of aryl methyl sites for hydroxylation is 1. The topological polar surface area (TPSA) is 47.8 Å². The maximum Gasteiger partial charge on any atom is 0.277 e. The summed E-state index contributed by atoms with van der Waals surface area (Å²) >= 11 is 0. The highest BCUT2D eigenvalue weighted by molar-refractivity contribution is 5.76. The fourth-order valence-corrected chi connectivity index (χ4v) is 1.68. The Balaban J connectivity index is 2.33. The van der Waals surface area contributed by atoms with Crippen LogP contribution in [-0.4, -0.2) is 15.0 Å². The Kier molecular flexibility index (Phi) is 3.29. The normalized spacial score (nSPS) is 10.8. The van der Waals surface area contributed by atoms with Crippen molar-refractivity contribution >= 4 is 10.9 Å². The Bertz CT molecular complexity index is 533. The first kappa shape index (κ1) is 10.8. The molecule has 4 heteroatoms. The number of hydrogen-bond donors (Lipinski definition) is 0. The van der Waals surface area contributed by atoms with Crippen molar-refractivity contribution in [3.63, 3.8) is 0 Å². The van der Waals surface area contributed by atoms with E-state index in [9.17, 15) is 4.79 Å². The number of nitrogens with zero attached hydrogens (tertiary/aromatic N) is 3. The SMILES string of the molecule is CCCCCn1nnc2ccccc2c1=O. The molecule has 0 radical (unpaired) electrons. The predicted molar refractivity (Wildman–Crippen MR) is 63.3 cm³/mol. The van der Waals surface area contributed by atoms with Crippen LogP contribution in [0.25, 0.3) is 10.9 Å². The summed E-state index contributed by atoms with van der Waals surface area (Å²) in [5, 5.41) is 8.61. The van der Waals surface area contributed by atoms with Crippen molar-refractivity contribution in [3.8, 4) is 0 Å². The van der Waals surface area contributed by atoms with Crippen molar-refractivity contribution in [3.05, 3.63) is 34.6 Å². The zero-order chi connectivity index (χ0) is 11.4. The maximum absolute atomic E-state index is 12.0. The molecule has 84 valence electrons. The van der Waals surface area contributed by atoms with E-state index >= 15 is 0 Å². The average Bonchev–Trinajstić information content (AvgIpc) is 2.33. The van der Waals surface area contributed by atoms with Gasteiger partial charge in [-0.25, -0.2) is 4.68 Å². The molecular weight excluding hydrogens is 202 g/mol. The molecule has 1 aromatic heterocycles. The lowest BCUT2D eigenvalue weighted by atomic mass is 10.2. The van der Waals surface area contributed by atoms with Gasteiger partial charge >= 0.3 is 0 Å². The lowest BCUT2D eigenvalue weighted by Gasteiger charge is -2.03. The Morgan fingerprint density at radius 3 is 2.88 bits per heavy atom. The van der Waals surface area contributed by atoms with Crippen LogP contribution in [0.1, 0.15) is 26.2 Å². The predicted octanol–water partition coefficient (Wildman–Crippen LogP) is 1.98. The van der Waals surface area contributed by atoms with Crippen molar-refractivity contribution in [2.75, 3.05) is 0 Å². The quantitative estimate of drug-likeness (QED) is 0.736. The molecule has 0 N–H and O–H groups in total. The van der Waals surface area contributed by atoms with E-state index in [1.54, 1.807) is 12.1 Å². The van der Waals surface area contributed by atoms with Crippen LogP contribution in [0.5, 0.6) is 0 Å².